The molecule has 2 N–H and O–H groups in total. The maximum atomic E-state index is 9.97. The predicted molar refractivity (Wildman–Crippen MR) is 35.3 cm³/mol. The summed E-state index contributed by atoms with van der Waals surface area (Å²) in [7, 11) is 0. The van der Waals surface area contributed by atoms with Gasteiger partial charge in [-0.25, -0.2) is 4.79 Å². The fraction of sp³-hybridized carbons (Fsp3) is 0. The van der Waals surface area contributed by atoms with Crippen molar-refractivity contribution in [3.63, 3.8) is 0 Å². The van der Waals surface area contributed by atoms with E-state index in [0.717, 1.165) is 6.08 Å². The highest BCUT2D eigenvalue weighted by molar-refractivity contribution is 5.84. The summed E-state index contributed by atoms with van der Waals surface area (Å²) in [5, 5.41) is 14.4. The Morgan fingerprint density at radius 2 is 2.60 bits per heavy atom. The first-order valence-electron chi connectivity index (χ1n) is 2.69. The number of aliphatic carboxylic acids is 1. The monoisotopic (exact) mass is 138 g/mol. The maximum Gasteiger partial charge on any atom is 0.328 e. The largest absolute Gasteiger partial charge is 0.478 e. The number of carboxylic acid groups (broad SMARTS) is 1. The number of rotatable bonds is 2. The van der Waals surface area contributed by atoms with E-state index in [4.69, 9.17) is 5.11 Å². The van der Waals surface area contributed by atoms with E-state index in [0.29, 0.717) is 5.69 Å². The van der Waals surface area contributed by atoms with Gasteiger partial charge in [0, 0.05) is 12.3 Å². The van der Waals surface area contributed by atoms with Gasteiger partial charge in [-0.1, -0.05) is 0 Å². The third-order valence-electron chi connectivity index (χ3n) is 0.928. The van der Waals surface area contributed by atoms with Gasteiger partial charge >= 0.3 is 5.97 Å². The highest BCUT2D eigenvalue weighted by Crippen LogP contribution is 1.93. The molecule has 1 aromatic rings. The quantitative estimate of drug-likeness (QED) is 0.585. The van der Waals surface area contributed by atoms with Crippen LogP contribution in [-0.4, -0.2) is 21.3 Å². The number of nitrogens with one attached hydrogen (secondary N) is 1. The first-order chi connectivity index (χ1) is 4.79. The SMILES string of the molecule is O=C(O)/C=C/c1ccn[nH]1. The summed E-state index contributed by atoms with van der Waals surface area (Å²) in [6.07, 6.45) is 4.05. The highest BCUT2D eigenvalue weighted by atomic mass is 16.4. The van der Waals surface area contributed by atoms with Gasteiger partial charge in [0.15, 0.2) is 0 Å². The summed E-state index contributed by atoms with van der Waals surface area (Å²) in [6.45, 7) is 0. The minimum absolute atomic E-state index is 0.683. The minimum atomic E-state index is -0.963. The molecule has 0 bridgehead atoms. The molecule has 52 valence electrons. The van der Waals surface area contributed by atoms with Crippen LogP contribution >= 0.6 is 0 Å². The average molecular weight is 138 g/mol. The molecule has 4 heteroatoms. The van der Waals surface area contributed by atoms with E-state index in [9.17, 15) is 4.79 Å². The smallest absolute Gasteiger partial charge is 0.328 e. The van der Waals surface area contributed by atoms with Crippen molar-refractivity contribution in [3.05, 3.63) is 24.0 Å². The molecule has 0 atom stereocenters. The number of hydrogen-bond donors (Lipinski definition) is 2. The van der Waals surface area contributed by atoms with Crippen LogP contribution in [0.15, 0.2) is 18.3 Å². The molecular formula is C6H6N2O2. The molecule has 0 saturated heterocycles. The molecule has 1 heterocycles. The Labute approximate surface area is 57.2 Å². The zero-order chi connectivity index (χ0) is 7.40. The van der Waals surface area contributed by atoms with E-state index in [2.05, 4.69) is 10.2 Å². The van der Waals surface area contributed by atoms with Gasteiger partial charge in [0.2, 0.25) is 0 Å². The van der Waals surface area contributed by atoms with Gasteiger partial charge in [-0.05, 0) is 12.1 Å². The lowest BCUT2D eigenvalue weighted by Gasteiger charge is -1.79. The maximum absolute atomic E-state index is 9.97. The van der Waals surface area contributed by atoms with E-state index in [-0.39, 0.29) is 0 Å². The number of carbonyl (C=O) groups is 1. The van der Waals surface area contributed by atoms with Gasteiger partial charge in [0.25, 0.3) is 0 Å². The second-order valence-electron chi connectivity index (χ2n) is 1.68. The Kier molecular flexibility index (Phi) is 1.84. The number of hydrogen-bond acceptors (Lipinski definition) is 2. The lowest BCUT2D eigenvalue weighted by Crippen LogP contribution is -1.85. The molecule has 0 unspecified atom stereocenters. The van der Waals surface area contributed by atoms with Crippen LogP contribution < -0.4 is 0 Å². The van der Waals surface area contributed by atoms with Crippen LogP contribution in [0.4, 0.5) is 0 Å². The Morgan fingerprint density at radius 1 is 1.80 bits per heavy atom. The van der Waals surface area contributed by atoms with Crippen LogP contribution in [0.25, 0.3) is 6.08 Å². The summed E-state index contributed by atoms with van der Waals surface area (Å²) >= 11 is 0. The van der Waals surface area contributed by atoms with E-state index >= 15 is 0 Å². The zero-order valence-electron chi connectivity index (χ0n) is 5.11. The van der Waals surface area contributed by atoms with E-state index in [1.807, 2.05) is 0 Å². The third-order valence-corrected chi connectivity index (χ3v) is 0.928. The predicted octanol–water partition coefficient (Wildman–Crippen LogP) is 0.508. The summed E-state index contributed by atoms with van der Waals surface area (Å²) in [6, 6.07) is 1.68. The van der Waals surface area contributed by atoms with Crippen molar-refractivity contribution in [1.29, 1.82) is 0 Å². The molecule has 0 aliphatic carbocycles. The van der Waals surface area contributed by atoms with Crippen molar-refractivity contribution in [3.8, 4) is 0 Å². The van der Waals surface area contributed by atoms with Crippen LogP contribution in [0.2, 0.25) is 0 Å². The van der Waals surface area contributed by atoms with Crippen molar-refractivity contribution >= 4 is 12.0 Å². The van der Waals surface area contributed by atoms with Crippen molar-refractivity contribution < 1.29 is 9.90 Å². The van der Waals surface area contributed by atoms with E-state index in [1.165, 1.54) is 6.08 Å². The second-order valence-corrected chi connectivity index (χ2v) is 1.68. The standard InChI is InChI=1S/C6H6N2O2/c9-6(10)2-1-5-3-4-7-8-5/h1-4H,(H,7,8)(H,9,10)/b2-1+. The molecule has 0 saturated carbocycles. The molecule has 0 aliphatic heterocycles. The Morgan fingerprint density at radius 3 is 3.10 bits per heavy atom. The van der Waals surface area contributed by atoms with Gasteiger partial charge in [-0.15, -0.1) is 0 Å². The van der Waals surface area contributed by atoms with E-state index < -0.39 is 5.97 Å². The molecule has 4 nitrogen and oxygen atoms in total. The topological polar surface area (TPSA) is 66.0 Å². The lowest BCUT2D eigenvalue weighted by atomic mass is 10.4. The Bertz CT molecular complexity index is 238. The Balaban J connectivity index is 2.64. The zero-order valence-corrected chi connectivity index (χ0v) is 5.11. The lowest BCUT2D eigenvalue weighted by molar-refractivity contribution is -0.131. The summed E-state index contributed by atoms with van der Waals surface area (Å²) < 4.78 is 0. The fourth-order valence-electron chi connectivity index (χ4n) is 0.521. The van der Waals surface area contributed by atoms with Crippen molar-refractivity contribution in [2.45, 2.75) is 0 Å². The van der Waals surface area contributed by atoms with Gasteiger partial charge in [-0.2, -0.15) is 5.10 Å². The first-order valence-corrected chi connectivity index (χ1v) is 2.69. The Hall–Kier alpha value is -1.58. The van der Waals surface area contributed by atoms with Crippen molar-refractivity contribution in [2.75, 3.05) is 0 Å². The third kappa shape index (κ3) is 1.74. The molecule has 0 amide bonds. The van der Waals surface area contributed by atoms with E-state index in [1.54, 1.807) is 12.3 Å². The fourth-order valence-corrected chi connectivity index (χ4v) is 0.521. The first kappa shape index (κ1) is 6.54. The van der Waals surface area contributed by atoms with Crippen LogP contribution in [0.5, 0.6) is 0 Å². The molecule has 0 aliphatic rings. The van der Waals surface area contributed by atoms with Gasteiger partial charge in [-0.3, -0.25) is 5.10 Å². The van der Waals surface area contributed by atoms with Crippen molar-refractivity contribution in [2.24, 2.45) is 0 Å². The molecule has 1 rings (SSSR count). The number of aromatic amines is 1. The number of aromatic nitrogens is 2. The number of nitrogens with zero attached hydrogens (tertiary/aromatic N) is 1. The summed E-state index contributed by atoms with van der Waals surface area (Å²) in [5.41, 5.74) is 0.683. The number of H-pyrrole nitrogens is 1. The molecule has 0 spiro atoms. The van der Waals surface area contributed by atoms with Gasteiger partial charge in [0.05, 0.1) is 5.69 Å². The summed E-state index contributed by atoms with van der Waals surface area (Å²) in [4.78, 5) is 9.97. The molecule has 0 aromatic carbocycles. The van der Waals surface area contributed by atoms with Gasteiger partial charge < -0.3 is 5.11 Å². The molecule has 0 radical (unpaired) electrons. The van der Waals surface area contributed by atoms with Crippen LogP contribution in [0.1, 0.15) is 5.69 Å². The van der Waals surface area contributed by atoms with Crippen molar-refractivity contribution in [1.82, 2.24) is 10.2 Å². The molecule has 0 fully saturated rings. The van der Waals surface area contributed by atoms with Gasteiger partial charge in [0.1, 0.15) is 0 Å². The van der Waals surface area contributed by atoms with Crippen LogP contribution in [0, 0.1) is 0 Å². The number of carboxylic acids is 1. The minimum Gasteiger partial charge on any atom is -0.478 e. The molecule has 1 aromatic heterocycles. The molecular weight excluding hydrogens is 132 g/mol. The second kappa shape index (κ2) is 2.82. The highest BCUT2D eigenvalue weighted by Gasteiger charge is 1.87. The van der Waals surface area contributed by atoms with Crippen LogP contribution in [0.3, 0.4) is 0 Å². The summed E-state index contributed by atoms with van der Waals surface area (Å²) in [5.74, 6) is -0.963. The molecule has 10 heavy (non-hydrogen) atoms. The average Bonchev–Trinajstić information content (AvgIpc) is 2.34. The van der Waals surface area contributed by atoms with Crippen LogP contribution in [-0.2, 0) is 4.79 Å². The normalized spacial score (nSPS) is 10.4.